The van der Waals surface area contributed by atoms with Gasteiger partial charge in [0.05, 0.1) is 12.2 Å². The third-order valence-corrected chi connectivity index (χ3v) is 5.80. The highest BCUT2D eigenvalue weighted by atomic mass is 16.5. The Morgan fingerprint density at radius 1 is 1.25 bits per heavy atom. The highest BCUT2D eigenvalue weighted by molar-refractivity contribution is 5.80. The molecular formula is C16H27N3O. The van der Waals surface area contributed by atoms with Crippen molar-refractivity contribution < 1.29 is 4.74 Å². The Morgan fingerprint density at radius 2 is 1.90 bits per heavy atom. The van der Waals surface area contributed by atoms with Crippen LogP contribution >= 0.6 is 0 Å². The van der Waals surface area contributed by atoms with E-state index in [0.29, 0.717) is 17.6 Å². The summed E-state index contributed by atoms with van der Waals surface area (Å²) in [5.41, 5.74) is 0.498. The van der Waals surface area contributed by atoms with E-state index in [9.17, 15) is 0 Å². The first-order chi connectivity index (χ1) is 9.68. The van der Waals surface area contributed by atoms with Crippen molar-refractivity contribution in [3.8, 4) is 0 Å². The summed E-state index contributed by atoms with van der Waals surface area (Å²) in [7, 11) is 0. The van der Waals surface area contributed by atoms with Crippen LogP contribution in [0.5, 0.6) is 0 Å². The largest absolute Gasteiger partial charge is 0.374 e. The average molecular weight is 277 g/mol. The van der Waals surface area contributed by atoms with Gasteiger partial charge in [-0.05, 0) is 38.0 Å². The van der Waals surface area contributed by atoms with Gasteiger partial charge >= 0.3 is 0 Å². The van der Waals surface area contributed by atoms with Crippen LogP contribution in [0.15, 0.2) is 4.99 Å². The van der Waals surface area contributed by atoms with Gasteiger partial charge in [-0.3, -0.25) is 4.99 Å². The molecule has 0 spiro atoms. The molecule has 1 aliphatic carbocycles. The van der Waals surface area contributed by atoms with Crippen LogP contribution in [0.25, 0.3) is 0 Å². The minimum atomic E-state index is 0.498. The van der Waals surface area contributed by atoms with Crippen molar-refractivity contribution in [2.24, 2.45) is 22.2 Å². The molecule has 0 aromatic heterocycles. The van der Waals surface area contributed by atoms with Gasteiger partial charge in [0.2, 0.25) is 0 Å². The molecule has 0 radical (unpaired) electrons. The Balaban J connectivity index is 1.45. The summed E-state index contributed by atoms with van der Waals surface area (Å²) >= 11 is 0. The van der Waals surface area contributed by atoms with E-state index in [1.54, 1.807) is 0 Å². The summed E-state index contributed by atoms with van der Waals surface area (Å²) in [5, 5.41) is 3.50. The lowest BCUT2D eigenvalue weighted by Gasteiger charge is -2.23. The highest BCUT2D eigenvalue weighted by Crippen LogP contribution is 2.47. The molecule has 112 valence electrons. The van der Waals surface area contributed by atoms with E-state index in [1.165, 1.54) is 25.7 Å². The number of likely N-dealkylation sites (tertiary alicyclic amines) is 1. The molecule has 3 saturated heterocycles. The predicted octanol–water partition coefficient (Wildman–Crippen LogP) is 1.86. The molecule has 4 rings (SSSR count). The molecule has 4 nitrogen and oxygen atoms in total. The zero-order chi connectivity index (χ0) is 13.7. The number of nitrogens with zero attached hydrogens (tertiary/aromatic N) is 2. The van der Waals surface area contributed by atoms with Crippen molar-refractivity contribution in [2.45, 2.75) is 51.7 Å². The van der Waals surface area contributed by atoms with Gasteiger partial charge in [0, 0.05) is 38.0 Å². The van der Waals surface area contributed by atoms with Gasteiger partial charge in [0.25, 0.3) is 0 Å². The fraction of sp³-hybridized carbons (Fsp3) is 0.938. The van der Waals surface area contributed by atoms with Crippen LogP contribution in [0.3, 0.4) is 0 Å². The summed E-state index contributed by atoms with van der Waals surface area (Å²) in [5.74, 6) is 2.66. The van der Waals surface area contributed by atoms with E-state index >= 15 is 0 Å². The molecule has 3 aliphatic heterocycles. The first-order valence-electron chi connectivity index (χ1n) is 8.37. The normalized spacial score (nSPS) is 41.1. The summed E-state index contributed by atoms with van der Waals surface area (Å²) in [6.07, 6.45) is 6.34. The lowest BCUT2D eigenvalue weighted by Crippen LogP contribution is -2.41. The number of rotatable bonds is 3. The molecular weight excluding hydrogens is 250 g/mol. The van der Waals surface area contributed by atoms with E-state index in [4.69, 9.17) is 9.73 Å². The topological polar surface area (TPSA) is 36.9 Å². The second-order valence-corrected chi connectivity index (χ2v) is 7.50. The average Bonchev–Trinajstić information content (AvgIpc) is 2.89. The van der Waals surface area contributed by atoms with Crippen molar-refractivity contribution in [2.75, 3.05) is 26.2 Å². The van der Waals surface area contributed by atoms with Crippen LogP contribution in [0.1, 0.15) is 39.5 Å². The number of aliphatic imine (C=N–C) groups is 1. The van der Waals surface area contributed by atoms with Gasteiger partial charge in [-0.25, -0.2) is 0 Å². The number of hydrogen-bond acceptors (Lipinski definition) is 2. The first kappa shape index (κ1) is 12.9. The number of guanidine groups is 1. The highest BCUT2D eigenvalue weighted by Gasteiger charge is 2.53. The number of hydrogen-bond donors (Lipinski definition) is 1. The maximum absolute atomic E-state index is 6.06. The fourth-order valence-electron chi connectivity index (χ4n) is 4.20. The molecule has 0 aromatic carbocycles. The zero-order valence-corrected chi connectivity index (χ0v) is 12.8. The maximum atomic E-state index is 6.06. The van der Waals surface area contributed by atoms with Gasteiger partial charge in [-0.1, -0.05) is 6.92 Å². The Kier molecular flexibility index (Phi) is 2.99. The Labute approximate surface area is 122 Å². The van der Waals surface area contributed by atoms with Crippen LogP contribution in [0.4, 0.5) is 0 Å². The molecule has 4 atom stereocenters. The van der Waals surface area contributed by atoms with Gasteiger partial charge in [0.1, 0.15) is 0 Å². The van der Waals surface area contributed by atoms with Crippen molar-refractivity contribution in [3.05, 3.63) is 0 Å². The smallest absolute Gasteiger partial charge is 0.193 e. The Hall–Kier alpha value is -0.770. The molecule has 2 bridgehead atoms. The molecule has 4 fully saturated rings. The number of nitrogens with one attached hydrogen (secondary N) is 1. The maximum Gasteiger partial charge on any atom is 0.193 e. The molecule has 1 saturated carbocycles. The third-order valence-electron chi connectivity index (χ3n) is 5.80. The second-order valence-electron chi connectivity index (χ2n) is 7.50. The van der Waals surface area contributed by atoms with E-state index in [2.05, 4.69) is 24.1 Å². The first-order valence-corrected chi connectivity index (χ1v) is 8.37. The molecule has 20 heavy (non-hydrogen) atoms. The van der Waals surface area contributed by atoms with Crippen LogP contribution in [0, 0.1) is 17.3 Å². The molecule has 4 aliphatic rings. The summed E-state index contributed by atoms with van der Waals surface area (Å²) in [4.78, 5) is 7.42. The minimum absolute atomic E-state index is 0.498. The van der Waals surface area contributed by atoms with E-state index in [-0.39, 0.29) is 0 Å². The third kappa shape index (κ3) is 2.12. The van der Waals surface area contributed by atoms with E-state index in [0.717, 1.165) is 44.0 Å². The predicted molar refractivity (Wildman–Crippen MR) is 79.8 cm³/mol. The van der Waals surface area contributed by atoms with Gasteiger partial charge in [-0.15, -0.1) is 0 Å². The van der Waals surface area contributed by atoms with Crippen LogP contribution in [-0.4, -0.2) is 49.2 Å². The molecule has 0 aromatic rings. The van der Waals surface area contributed by atoms with Gasteiger partial charge in [0.15, 0.2) is 5.96 Å². The van der Waals surface area contributed by atoms with E-state index < -0.39 is 0 Å². The Bertz CT molecular complexity index is 400. The van der Waals surface area contributed by atoms with Crippen LogP contribution in [-0.2, 0) is 4.74 Å². The zero-order valence-electron chi connectivity index (χ0n) is 12.8. The standard InChI is InChI=1S/C16H27N3O/c1-3-17-15(18-10-16(2)6-7-16)19-8-11-12(9-19)14-5-4-13(11)20-14/h11-14H,3-10H2,1-2H3,(H,17,18). The lowest BCUT2D eigenvalue weighted by atomic mass is 9.82. The summed E-state index contributed by atoms with van der Waals surface area (Å²) < 4.78 is 6.06. The van der Waals surface area contributed by atoms with Crippen molar-refractivity contribution in [1.29, 1.82) is 0 Å². The summed E-state index contributed by atoms with van der Waals surface area (Å²) in [6, 6.07) is 0. The molecule has 4 heteroatoms. The van der Waals surface area contributed by atoms with Gasteiger partial charge in [-0.2, -0.15) is 0 Å². The molecule has 4 unspecified atom stereocenters. The quantitative estimate of drug-likeness (QED) is 0.632. The Morgan fingerprint density at radius 3 is 2.45 bits per heavy atom. The lowest BCUT2D eigenvalue weighted by molar-refractivity contribution is 0.0767. The van der Waals surface area contributed by atoms with Crippen molar-refractivity contribution in [3.63, 3.8) is 0 Å². The monoisotopic (exact) mass is 277 g/mol. The number of ether oxygens (including phenoxy) is 1. The molecule has 0 amide bonds. The molecule has 1 N–H and O–H groups in total. The van der Waals surface area contributed by atoms with Crippen LogP contribution < -0.4 is 5.32 Å². The minimum Gasteiger partial charge on any atom is -0.374 e. The van der Waals surface area contributed by atoms with E-state index in [1.807, 2.05) is 0 Å². The van der Waals surface area contributed by atoms with Crippen molar-refractivity contribution in [1.82, 2.24) is 10.2 Å². The molecule has 3 heterocycles. The number of fused-ring (bicyclic) bond motifs is 5. The fourth-order valence-corrected chi connectivity index (χ4v) is 4.20. The second kappa shape index (κ2) is 4.62. The summed E-state index contributed by atoms with van der Waals surface area (Å²) in [6.45, 7) is 8.77. The van der Waals surface area contributed by atoms with Gasteiger partial charge < -0.3 is 15.0 Å². The van der Waals surface area contributed by atoms with Crippen molar-refractivity contribution >= 4 is 5.96 Å². The SMILES string of the molecule is CCNC(=NCC1(C)CC1)N1CC2C3CCC(O3)C2C1. The van der Waals surface area contributed by atoms with Crippen LogP contribution in [0.2, 0.25) is 0 Å².